The van der Waals surface area contributed by atoms with Gasteiger partial charge in [-0.25, -0.2) is 22.2 Å². The Morgan fingerprint density at radius 1 is 1.15 bits per heavy atom. The van der Waals surface area contributed by atoms with E-state index in [-0.39, 0.29) is 35.7 Å². The van der Waals surface area contributed by atoms with E-state index in [0.29, 0.717) is 5.39 Å². The predicted octanol–water partition coefficient (Wildman–Crippen LogP) is 1.84. The van der Waals surface area contributed by atoms with Crippen LogP contribution < -0.4 is 0 Å². The fourth-order valence-electron chi connectivity index (χ4n) is 3.44. The predicted molar refractivity (Wildman–Crippen MR) is 96.9 cm³/mol. The SMILES string of the molecule is O=C(O)N1CCC(O)(c2cc3cccnc3n2S(=O)(=O)c2ccccc2)C1. The largest absolute Gasteiger partial charge is 0.465 e. The molecular formula is C18H17N3O5S. The summed E-state index contributed by atoms with van der Waals surface area (Å²) in [5.41, 5.74) is -1.32. The van der Waals surface area contributed by atoms with Crippen LogP contribution in [0.1, 0.15) is 12.1 Å². The molecule has 1 amide bonds. The molecule has 1 unspecified atom stereocenters. The third-order valence-electron chi connectivity index (χ3n) is 4.80. The Morgan fingerprint density at radius 3 is 2.56 bits per heavy atom. The van der Waals surface area contributed by atoms with E-state index in [1.54, 1.807) is 36.4 Å². The van der Waals surface area contributed by atoms with Crippen molar-refractivity contribution in [2.24, 2.45) is 0 Å². The molecular weight excluding hydrogens is 370 g/mol. The topological polar surface area (TPSA) is 113 Å². The highest BCUT2D eigenvalue weighted by Gasteiger charge is 2.44. The van der Waals surface area contributed by atoms with E-state index in [9.17, 15) is 23.4 Å². The summed E-state index contributed by atoms with van der Waals surface area (Å²) in [6.45, 7) is -0.0882. The van der Waals surface area contributed by atoms with E-state index in [2.05, 4.69) is 4.98 Å². The summed E-state index contributed by atoms with van der Waals surface area (Å²) >= 11 is 0. The fraction of sp³-hybridized carbons (Fsp3) is 0.222. The van der Waals surface area contributed by atoms with Crippen molar-refractivity contribution in [3.8, 4) is 0 Å². The van der Waals surface area contributed by atoms with Gasteiger partial charge in [-0.05, 0) is 30.3 Å². The van der Waals surface area contributed by atoms with Crippen LogP contribution in [0, 0.1) is 0 Å². The zero-order valence-electron chi connectivity index (χ0n) is 14.2. The molecule has 27 heavy (non-hydrogen) atoms. The van der Waals surface area contributed by atoms with Crippen molar-refractivity contribution < 1.29 is 23.4 Å². The number of aromatic nitrogens is 2. The average molecular weight is 387 g/mol. The Morgan fingerprint density at radius 2 is 1.89 bits per heavy atom. The van der Waals surface area contributed by atoms with Crippen LogP contribution in [0.2, 0.25) is 0 Å². The molecule has 3 heterocycles. The Labute approximate surface area is 155 Å². The number of hydrogen-bond acceptors (Lipinski definition) is 5. The number of fused-ring (bicyclic) bond motifs is 1. The third kappa shape index (κ3) is 2.75. The number of carboxylic acid groups (broad SMARTS) is 1. The molecule has 9 heteroatoms. The van der Waals surface area contributed by atoms with Gasteiger partial charge >= 0.3 is 6.09 Å². The molecule has 1 aromatic carbocycles. The maximum Gasteiger partial charge on any atom is 0.407 e. The lowest BCUT2D eigenvalue weighted by molar-refractivity contribution is 0.0413. The third-order valence-corrected chi connectivity index (χ3v) is 6.51. The molecule has 0 radical (unpaired) electrons. The van der Waals surface area contributed by atoms with E-state index in [1.807, 2.05) is 0 Å². The quantitative estimate of drug-likeness (QED) is 0.709. The molecule has 4 rings (SSSR count). The van der Waals surface area contributed by atoms with E-state index in [4.69, 9.17) is 0 Å². The van der Waals surface area contributed by atoms with Gasteiger partial charge in [0.15, 0.2) is 5.65 Å². The van der Waals surface area contributed by atoms with Crippen LogP contribution in [0.3, 0.4) is 0 Å². The molecule has 140 valence electrons. The summed E-state index contributed by atoms with van der Waals surface area (Å²) in [6, 6.07) is 12.8. The number of benzene rings is 1. The number of carbonyl (C=O) groups is 1. The fourth-order valence-corrected chi connectivity index (χ4v) is 5.02. The summed E-state index contributed by atoms with van der Waals surface area (Å²) in [4.78, 5) is 16.6. The molecule has 1 aliphatic rings. The van der Waals surface area contributed by atoms with Crippen molar-refractivity contribution in [1.82, 2.24) is 13.9 Å². The van der Waals surface area contributed by atoms with Crippen LogP contribution in [0.15, 0.2) is 59.6 Å². The standard InChI is InChI=1S/C18H17N3O5S/c22-17(23)20-10-8-18(24,12-20)15-11-13-5-4-9-19-16(13)21(15)27(25,26)14-6-2-1-3-7-14/h1-7,9,11,24H,8,10,12H2,(H,22,23). The highest BCUT2D eigenvalue weighted by molar-refractivity contribution is 7.90. The maximum atomic E-state index is 13.3. The average Bonchev–Trinajstić information content (AvgIpc) is 3.25. The smallest absolute Gasteiger partial charge is 0.407 e. The second-order valence-corrected chi connectivity index (χ2v) is 8.30. The minimum atomic E-state index is -4.04. The number of hydrogen-bond donors (Lipinski definition) is 2. The Hall–Kier alpha value is -2.91. The first-order valence-electron chi connectivity index (χ1n) is 8.31. The highest BCUT2D eigenvalue weighted by atomic mass is 32.2. The molecule has 0 bridgehead atoms. The maximum absolute atomic E-state index is 13.3. The second-order valence-electron chi connectivity index (χ2n) is 6.51. The lowest BCUT2D eigenvalue weighted by Gasteiger charge is -2.24. The van der Waals surface area contributed by atoms with Gasteiger partial charge in [0.2, 0.25) is 0 Å². The van der Waals surface area contributed by atoms with Crippen LogP contribution in [0.25, 0.3) is 11.0 Å². The Bertz CT molecular complexity index is 1130. The summed E-state index contributed by atoms with van der Waals surface area (Å²) in [7, 11) is -4.04. The van der Waals surface area contributed by atoms with Gasteiger partial charge < -0.3 is 15.1 Å². The van der Waals surface area contributed by atoms with E-state index < -0.39 is 21.7 Å². The van der Waals surface area contributed by atoms with Gasteiger partial charge in [0.05, 0.1) is 17.1 Å². The number of β-amino-alcohol motifs (C(OH)–C–C–N with tert-alkyl or cyclic N) is 1. The molecule has 2 N–H and O–H groups in total. The van der Waals surface area contributed by atoms with E-state index in [1.165, 1.54) is 18.3 Å². The van der Waals surface area contributed by atoms with E-state index in [0.717, 1.165) is 8.87 Å². The highest BCUT2D eigenvalue weighted by Crippen LogP contribution is 2.37. The van der Waals surface area contributed by atoms with Gasteiger partial charge in [-0.1, -0.05) is 18.2 Å². The number of nitrogens with zero attached hydrogens (tertiary/aromatic N) is 3. The van der Waals surface area contributed by atoms with Crippen molar-refractivity contribution in [2.75, 3.05) is 13.1 Å². The minimum Gasteiger partial charge on any atom is -0.465 e. The van der Waals surface area contributed by atoms with Crippen LogP contribution >= 0.6 is 0 Å². The van der Waals surface area contributed by atoms with Crippen LogP contribution in [-0.2, 0) is 15.6 Å². The van der Waals surface area contributed by atoms with Gasteiger partial charge in [-0.3, -0.25) is 0 Å². The van der Waals surface area contributed by atoms with E-state index >= 15 is 0 Å². The number of aliphatic hydroxyl groups is 1. The van der Waals surface area contributed by atoms with Crippen molar-refractivity contribution in [3.05, 3.63) is 60.4 Å². The second kappa shape index (κ2) is 6.07. The first-order valence-corrected chi connectivity index (χ1v) is 9.75. The number of likely N-dealkylation sites (tertiary alicyclic amines) is 1. The number of amides is 1. The summed E-state index contributed by atoms with van der Waals surface area (Å²) in [6.07, 6.45) is 0.420. The summed E-state index contributed by atoms with van der Waals surface area (Å²) in [5, 5.41) is 20.9. The zero-order valence-corrected chi connectivity index (χ0v) is 15.0. The van der Waals surface area contributed by atoms with Crippen LogP contribution in [0.4, 0.5) is 4.79 Å². The molecule has 0 saturated carbocycles. The molecule has 1 aliphatic heterocycles. The lowest BCUT2D eigenvalue weighted by Crippen LogP contribution is -2.36. The molecule has 2 aromatic heterocycles. The molecule has 0 aliphatic carbocycles. The van der Waals surface area contributed by atoms with Crippen LogP contribution in [0.5, 0.6) is 0 Å². The van der Waals surface area contributed by atoms with Crippen LogP contribution in [-0.4, -0.2) is 51.7 Å². The molecule has 8 nitrogen and oxygen atoms in total. The normalized spacial score (nSPS) is 20.3. The Balaban J connectivity index is 1.96. The van der Waals surface area contributed by atoms with Gasteiger partial charge in [-0.15, -0.1) is 0 Å². The van der Waals surface area contributed by atoms with Gasteiger partial charge in [-0.2, -0.15) is 0 Å². The first kappa shape index (κ1) is 17.5. The van der Waals surface area contributed by atoms with Crippen molar-refractivity contribution in [3.63, 3.8) is 0 Å². The summed E-state index contributed by atoms with van der Waals surface area (Å²) in [5.74, 6) is 0. The zero-order chi connectivity index (χ0) is 19.2. The molecule has 3 aromatic rings. The number of pyridine rings is 1. The van der Waals surface area contributed by atoms with Gasteiger partial charge in [0.1, 0.15) is 5.60 Å². The molecule has 0 spiro atoms. The lowest BCUT2D eigenvalue weighted by atomic mass is 9.99. The van der Waals surface area contributed by atoms with Crippen molar-refractivity contribution >= 4 is 27.1 Å². The van der Waals surface area contributed by atoms with Gasteiger partial charge in [0, 0.05) is 24.5 Å². The van der Waals surface area contributed by atoms with Gasteiger partial charge in [0.25, 0.3) is 10.0 Å². The van der Waals surface area contributed by atoms with Crippen molar-refractivity contribution in [2.45, 2.75) is 16.9 Å². The molecule has 1 fully saturated rings. The number of rotatable bonds is 3. The summed E-state index contributed by atoms with van der Waals surface area (Å²) < 4.78 is 27.7. The van der Waals surface area contributed by atoms with Crippen molar-refractivity contribution in [1.29, 1.82) is 0 Å². The Kier molecular flexibility index (Phi) is 3.93. The molecule has 1 saturated heterocycles. The molecule has 1 atom stereocenters. The first-order chi connectivity index (χ1) is 12.8. The minimum absolute atomic E-state index is 0.0612. The monoisotopic (exact) mass is 387 g/mol.